The molecule has 2 rings (SSSR count). The van der Waals surface area contributed by atoms with Gasteiger partial charge >= 0.3 is 0 Å². The monoisotopic (exact) mass is 331 g/mol. The first-order chi connectivity index (χ1) is 9.88. The molecule has 0 saturated carbocycles. The molecule has 8 heteroatoms. The number of nitrogens with one attached hydrogen (secondary N) is 1. The van der Waals surface area contributed by atoms with Crippen LogP contribution in [0.1, 0.15) is 23.2 Å². The van der Waals surface area contributed by atoms with Crippen LogP contribution < -0.4 is 5.32 Å². The van der Waals surface area contributed by atoms with E-state index in [1.54, 1.807) is 0 Å². The lowest BCUT2D eigenvalue weighted by atomic mass is 10.1. The van der Waals surface area contributed by atoms with E-state index in [9.17, 15) is 14.9 Å². The number of amides is 1. The molecule has 1 heterocycles. The fraction of sp³-hybridized carbons (Fsp3) is 0.462. The van der Waals surface area contributed by atoms with Gasteiger partial charge in [0, 0.05) is 24.2 Å². The van der Waals surface area contributed by atoms with Crippen LogP contribution in [0.25, 0.3) is 0 Å². The Hall–Kier alpha value is -1.37. The number of benzene rings is 1. The number of hydrogen-bond donors (Lipinski definition) is 1. The molecule has 1 aromatic rings. The average Bonchev–Trinajstić information content (AvgIpc) is 2.41. The van der Waals surface area contributed by atoms with Crippen molar-refractivity contribution in [2.75, 3.05) is 20.1 Å². The molecule has 0 spiro atoms. The third kappa shape index (κ3) is 3.84. The van der Waals surface area contributed by atoms with E-state index in [1.165, 1.54) is 6.07 Å². The fourth-order valence-corrected chi connectivity index (χ4v) is 2.78. The molecule has 0 bridgehead atoms. The Balaban J connectivity index is 2.17. The number of hydrogen-bond acceptors (Lipinski definition) is 4. The maximum Gasteiger partial charge on any atom is 0.290 e. The molecule has 0 aromatic heterocycles. The van der Waals surface area contributed by atoms with Crippen molar-refractivity contribution in [1.29, 1.82) is 0 Å². The summed E-state index contributed by atoms with van der Waals surface area (Å²) in [7, 11) is 1.99. The molecule has 1 fully saturated rings. The van der Waals surface area contributed by atoms with Gasteiger partial charge in [0.25, 0.3) is 11.6 Å². The van der Waals surface area contributed by atoms with Gasteiger partial charge in [0.1, 0.15) is 5.02 Å². The van der Waals surface area contributed by atoms with E-state index in [1.807, 2.05) is 7.05 Å². The summed E-state index contributed by atoms with van der Waals surface area (Å²) in [4.78, 5) is 24.6. The zero-order valence-electron chi connectivity index (χ0n) is 11.4. The Morgan fingerprint density at radius 2 is 2.19 bits per heavy atom. The van der Waals surface area contributed by atoms with Gasteiger partial charge in [-0.05, 0) is 32.5 Å². The Bertz CT molecular complexity index is 580. The zero-order valence-corrected chi connectivity index (χ0v) is 12.9. The number of carbonyl (C=O) groups excluding carboxylic acids is 1. The van der Waals surface area contributed by atoms with Crippen LogP contribution in [0.4, 0.5) is 5.69 Å². The van der Waals surface area contributed by atoms with Gasteiger partial charge in [-0.3, -0.25) is 14.9 Å². The summed E-state index contributed by atoms with van der Waals surface area (Å²) in [6.07, 6.45) is 1.89. The maximum absolute atomic E-state index is 12.2. The number of nitrogens with zero attached hydrogens (tertiary/aromatic N) is 2. The van der Waals surface area contributed by atoms with Gasteiger partial charge in [-0.2, -0.15) is 0 Å². The van der Waals surface area contributed by atoms with E-state index < -0.39 is 4.92 Å². The van der Waals surface area contributed by atoms with Crippen LogP contribution in [0.5, 0.6) is 0 Å². The lowest BCUT2D eigenvalue weighted by molar-refractivity contribution is -0.384. The number of halogens is 2. The largest absolute Gasteiger partial charge is 0.348 e. The number of likely N-dealkylation sites (tertiary alicyclic amines) is 1. The van der Waals surface area contributed by atoms with Crippen LogP contribution in [0.2, 0.25) is 10.0 Å². The van der Waals surface area contributed by atoms with E-state index in [4.69, 9.17) is 23.2 Å². The highest BCUT2D eigenvalue weighted by Gasteiger charge is 2.23. The maximum atomic E-state index is 12.2. The van der Waals surface area contributed by atoms with E-state index in [2.05, 4.69) is 10.2 Å². The SMILES string of the molecule is CN1CCCC(NC(=O)c2cc(Cl)c(Cl)c([N+](=O)[O-])c2)C1. The predicted molar refractivity (Wildman–Crippen MR) is 81.1 cm³/mol. The lowest BCUT2D eigenvalue weighted by Crippen LogP contribution is -2.46. The summed E-state index contributed by atoms with van der Waals surface area (Å²) >= 11 is 11.6. The molecular formula is C13H15Cl2N3O3. The minimum Gasteiger partial charge on any atom is -0.348 e. The van der Waals surface area contributed by atoms with Crippen LogP contribution in [-0.2, 0) is 0 Å². The quantitative estimate of drug-likeness (QED) is 0.682. The van der Waals surface area contributed by atoms with Gasteiger partial charge < -0.3 is 10.2 Å². The van der Waals surface area contributed by atoms with Crippen LogP contribution in [0, 0.1) is 10.1 Å². The number of carbonyl (C=O) groups is 1. The highest BCUT2D eigenvalue weighted by molar-refractivity contribution is 6.43. The van der Waals surface area contributed by atoms with Crippen molar-refractivity contribution in [2.24, 2.45) is 0 Å². The van der Waals surface area contributed by atoms with Gasteiger partial charge in [-0.1, -0.05) is 23.2 Å². The summed E-state index contributed by atoms with van der Waals surface area (Å²) in [5, 5.41) is 13.6. The third-order valence-corrected chi connectivity index (χ3v) is 4.22. The van der Waals surface area contributed by atoms with E-state index >= 15 is 0 Å². The van der Waals surface area contributed by atoms with Crippen LogP contribution in [0.3, 0.4) is 0 Å². The lowest BCUT2D eigenvalue weighted by Gasteiger charge is -2.30. The molecule has 114 valence electrons. The van der Waals surface area contributed by atoms with E-state index in [-0.39, 0.29) is 33.2 Å². The molecule has 1 saturated heterocycles. The van der Waals surface area contributed by atoms with Gasteiger partial charge in [-0.25, -0.2) is 0 Å². The Kier molecular flexibility index (Phi) is 5.03. The molecule has 1 aromatic carbocycles. The molecule has 0 aliphatic carbocycles. The molecule has 6 nitrogen and oxygen atoms in total. The molecule has 21 heavy (non-hydrogen) atoms. The van der Waals surface area contributed by atoms with Crippen molar-refractivity contribution < 1.29 is 9.72 Å². The Morgan fingerprint density at radius 1 is 1.48 bits per heavy atom. The number of rotatable bonds is 3. The van der Waals surface area contributed by atoms with Gasteiger partial charge in [0.2, 0.25) is 0 Å². The number of likely N-dealkylation sites (N-methyl/N-ethyl adjacent to an activating group) is 1. The van der Waals surface area contributed by atoms with Crippen LogP contribution in [-0.4, -0.2) is 41.9 Å². The zero-order chi connectivity index (χ0) is 15.6. The van der Waals surface area contributed by atoms with Crippen molar-refractivity contribution in [3.63, 3.8) is 0 Å². The summed E-state index contributed by atoms with van der Waals surface area (Å²) in [5.41, 5.74) is -0.223. The number of nitro groups is 1. The van der Waals surface area contributed by atoms with Gasteiger partial charge in [0.15, 0.2) is 0 Å². The van der Waals surface area contributed by atoms with Gasteiger partial charge in [0.05, 0.1) is 9.95 Å². The second-order valence-corrected chi connectivity index (χ2v) is 5.91. The first kappa shape index (κ1) is 16.0. The Labute approximate surface area is 132 Å². The number of nitro benzene ring substituents is 1. The second kappa shape index (κ2) is 6.60. The summed E-state index contributed by atoms with van der Waals surface area (Å²) in [5.74, 6) is -0.378. The second-order valence-electron chi connectivity index (χ2n) is 5.12. The topological polar surface area (TPSA) is 75.5 Å². The standard InChI is InChI=1S/C13H15Cl2N3O3/c1-17-4-2-3-9(7-17)16-13(19)8-5-10(14)12(15)11(6-8)18(20)21/h5-6,9H,2-4,7H2,1H3,(H,16,19). The first-order valence-corrected chi connectivity index (χ1v) is 7.27. The Morgan fingerprint density at radius 3 is 2.81 bits per heavy atom. The molecule has 1 atom stereocenters. The average molecular weight is 332 g/mol. The van der Waals surface area contributed by atoms with Crippen LogP contribution in [0.15, 0.2) is 12.1 Å². The fourth-order valence-electron chi connectivity index (χ4n) is 2.39. The minimum atomic E-state index is -0.653. The number of piperidine rings is 1. The van der Waals surface area contributed by atoms with Crippen molar-refractivity contribution in [2.45, 2.75) is 18.9 Å². The molecular weight excluding hydrogens is 317 g/mol. The van der Waals surface area contributed by atoms with Crippen molar-refractivity contribution >= 4 is 34.8 Å². The van der Waals surface area contributed by atoms with Crippen molar-refractivity contribution in [1.82, 2.24) is 10.2 Å². The predicted octanol–water partition coefficient (Wildman–Crippen LogP) is 2.73. The summed E-state index contributed by atoms with van der Waals surface area (Å²) in [6, 6.07) is 2.53. The van der Waals surface area contributed by atoms with Crippen LogP contribution >= 0.6 is 23.2 Å². The molecule has 1 N–H and O–H groups in total. The highest BCUT2D eigenvalue weighted by Crippen LogP contribution is 2.33. The van der Waals surface area contributed by atoms with Crippen molar-refractivity contribution in [3.05, 3.63) is 37.9 Å². The minimum absolute atomic E-state index is 0.00298. The highest BCUT2D eigenvalue weighted by atomic mass is 35.5. The summed E-state index contributed by atoms with van der Waals surface area (Å²) < 4.78 is 0. The molecule has 1 unspecified atom stereocenters. The first-order valence-electron chi connectivity index (χ1n) is 6.51. The smallest absolute Gasteiger partial charge is 0.290 e. The summed E-state index contributed by atoms with van der Waals surface area (Å²) in [6.45, 7) is 1.76. The van der Waals surface area contributed by atoms with Gasteiger partial charge in [-0.15, -0.1) is 0 Å². The third-order valence-electron chi connectivity index (χ3n) is 3.43. The molecule has 1 aliphatic heterocycles. The van der Waals surface area contributed by atoms with E-state index in [0.717, 1.165) is 32.0 Å². The van der Waals surface area contributed by atoms with E-state index in [0.29, 0.717) is 0 Å². The molecule has 0 radical (unpaired) electrons. The normalized spacial score (nSPS) is 19.3. The molecule has 1 amide bonds. The molecule has 1 aliphatic rings. The van der Waals surface area contributed by atoms with Crippen molar-refractivity contribution in [3.8, 4) is 0 Å².